The van der Waals surface area contributed by atoms with Gasteiger partial charge in [-0.15, -0.1) is 0 Å². The predicted octanol–water partition coefficient (Wildman–Crippen LogP) is -2.94. The minimum atomic E-state index is -1.81. The van der Waals surface area contributed by atoms with E-state index in [9.17, 15) is 61.0 Å². The van der Waals surface area contributed by atoms with Crippen molar-refractivity contribution in [3.63, 3.8) is 0 Å². The van der Waals surface area contributed by atoms with E-state index in [-0.39, 0.29) is 22.7 Å². The first-order valence-corrected chi connectivity index (χ1v) is 19.9. The number of esters is 1. The van der Waals surface area contributed by atoms with Gasteiger partial charge in [-0.2, -0.15) is 0 Å². The molecule has 4 saturated carbocycles. The van der Waals surface area contributed by atoms with Crippen molar-refractivity contribution in [2.75, 3.05) is 19.8 Å². The lowest BCUT2D eigenvalue weighted by Crippen LogP contribution is -2.65. The van der Waals surface area contributed by atoms with Gasteiger partial charge in [-0.3, -0.25) is 4.79 Å². The Morgan fingerprint density at radius 1 is 0.679 bits per heavy atom. The Kier molecular flexibility index (Phi) is 11.9. The van der Waals surface area contributed by atoms with Crippen LogP contribution in [0.4, 0.5) is 0 Å². The summed E-state index contributed by atoms with van der Waals surface area (Å²) >= 11 is 0. The summed E-state index contributed by atoms with van der Waals surface area (Å²) in [7, 11) is 0. The van der Waals surface area contributed by atoms with E-state index in [0.717, 1.165) is 18.4 Å². The zero-order valence-corrected chi connectivity index (χ0v) is 31.8. The molecule has 1 spiro atoms. The van der Waals surface area contributed by atoms with Crippen molar-refractivity contribution in [3.05, 3.63) is 12.2 Å². The fourth-order valence-electron chi connectivity index (χ4n) is 12.0. The summed E-state index contributed by atoms with van der Waals surface area (Å²) in [5, 5.41) is 114. The van der Waals surface area contributed by atoms with Crippen molar-refractivity contribution in [3.8, 4) is 0 Å². The molecule has 21 atom stereocenters. The monoisotopic (exact) mass is 804 g/mol. The lowest BCUT2D eigenvalue weighted by atomic mass is 9.41. The summed E-state index contributed by atoms with van der Waals surface area (Å²) in [5.41, 5.74) is -1.80. The van der Waals surface area contributed by atoms with E-state index >= 15 is 0 Å². The van der Waals surface area contributed by atoms with E-state index < -0.39 is 129 Å². The molecule has 7 fully saturated rings. The maximum atomic E-state index is 14.1. The summed E-state index contributed by atoms with van der Waals surface area (Å²) in [6.07, 6.45) is -17.8. The number of fused-ring (bicyclic) bond motifs is 3. The Balaban J connectivity index is 1.10. The summed E-state index contributed by atoms with van der Waals surface area (Å²) in [4.78, 5) is 14.1. The van der Waals surface area contributed by atoms with Crippen molar-refractivity contribution in [1.29, 1.82) is 0 Å². The van der Waals surface area contributed by atoms with Gasteiger partial charge in [0.2, 0.25) is 6.29 Å². The van der Waals surface area contributed by atoms with Gasteiger partial charge in [0.15, 0.2) is 12.6 Å². The van der Waals surface area contributed by atoms with Crippen LogP contribution in [0.5, 0.6) is 0 Å². The van der Waals surface area contributed by atoms with Crippen LogP contribution in [0.15, 0.2) is 12.2 Å². The molecular formula is C38H60O18. The van der Waals surface area contributed by atoms with E-state index in [2.05, 4.69) is 13.5 Å². The fraction of sp³-hybridized carbons (Fsp3) is 0.921. The molecule has 0 radical (unpaired) electrons. The highest BCUT2D eigenvalue weighted by Crippen LogP contribution is 2.73. The average Bonchev–Trinajstić information content (AvgIpc) is 3.37. The molecule has 7 aliphatic rings. The maximum Gasteiger partial charge on any atom is 0.314 e. The third-order valence-electron chi connectivity index (χ3n) is 15.0. The number of carbonyl (C=O) groups is 1. The number of carbonyl (C=O) groups excluding carboxylic acids is 1. The van der Waals surface area contributed by atoms with Crippen LogP contribution in [0.1, 0.15) is 71.6 Å². The highest BCUT2D eigenvalue weighted by molar-refractivity contribution is 5.77. The SMILES string of the molecule is C=C1CC23CC[C@H]4[C@@](C)(CCC[C@@]4(C)C(=O)OC4OC(CO)C(O)C(O)C4O)[C@@H]2CCC1(OC1OC(CO)C(O)C(O)C1OC1OC(CO)C(O)C(O)C1O)C3. The summed E-state index contributed by atoms with van der Waals surface area (Å²) in [5.74, 6) is -0.591. The van der Waals surface area contributed by atoms with E-state index in [0.29, 0.717) is 44.9 Å². The molecular weight excluding hydrogens is 744 g/mol. The van der Waals surface area contributed by atoms with Gasteiger partial charge >= 0.3 is 5.97 Å². The van der Waals surface area contributed by atoms with Gasteiger partial charge in [0.05, 0.1) is 30.8 Å². The average molecular weight is 805 g/mol. The fourth-order valence-corrected chi connectivity index (χ4v) is 12.0. The zero-order chi connectivity index (χ0) is 40.7. The molecule has 0 aromatic carbocycles. The Labute approximate surface area is 324 Å². The normalized spacial score (nSPS) is 54.6. The smallest absolute Gasteiger partial charge is 0.314 e. The minimum absolute atomic E-state index is 0.121. The van der Waals surface area contributed by atoms with E-state index in [1.165, 1.54) is 0 Å². The van der Waals surface area contributed by atoms with Gasteiger partial charge in [0.1, 0.15) is 73.2 Å². The van der Waals surface area contributed by atoms with Crippen molar-refractivity contribution in [2.45, 2.75) is 169 Å². The van der Waals surface area contributed by atoms with Gasteiger partial charge in [-0.05, 0) is 86.5 Å². The van der Waals surface area contributed by atoms with Gasteiger partial charge in [0.25, 0.3) is 0 Å². The molecule has 4 aliphatic carbocycles. The van der Waals surface area contributed by atoms with Crippen molar-refractivity contribution in [1.82, 2.24) is 0 Å². The standard InChI is InChI=1S/C38H60O18/c1-16-11-37-9-5-20-35(2,7-4-8-36(20,3)34(50)55-32-29(49)26(46)23(43)18(13-40)52-32)21(37)6-10-38(16,15-37)56-33-30(27(47)24(44)19(14-41)53-33)54-31-28(48)25(45)22(42)17(12-39)51-31/h17-33,39-49H,1,4-15H2,2-3H3/t17?,18?,19?,20-,21-,22?,23?,24?,25?,26?,27?,28?,29?,30?,31?,32?,33?,35+,36+,37?,38?/m0/s1. The predicted molar refractivity (Wildman–Crippen MR) is 186 cm³/mol. The molecule has 7 rings (SSSR count). The first-order valence-electron chi connectivity index (χ1n) is 19.9. The van der Waals surface area contributed by atoms with Crippen LogP contribution in [0, 0.1) is 28.1 Å². The maximum absolute atomic E-state index is 14.1. The number of rotatable bonds is 9. The van der Waals surface area contributed by atoms with Crippen LogP contribution in [0.2, 0.25) is 0 Å². The van der Waals surface area contributed by atoms with Gasteiger partial charge in [0, 0.05) is 0 Å². The first kappa shape index (κ1) is 42.7. The van der Waals surface area contributed by atoms with Crippen molar-refractivity contribution >= 4 is 5.97 Å². The van der Waals surface area contributed by atoms with Gasteiger partial charge < -0.3 is 84.6 Å². The highest BCUT2D eigenvalue weighted by atomic mass is 16.8. The first-order chi connectivity index (χ1) is 26.4. The third kappa shape index (κ3) is 6.69. The van der Waals surface area contributed by atoms with Crippen LogP contribution in [0.3, 0.4) is 0 Å². The molecule has 3 aliphatic heterocycles. The number of aliphatic hydroxyl groups excluding tert-OH is 11. The van der Waals surface area contributed by atoms with E-state index in [1.807, 2.05) is 6.92 Å². The summed E-state index contributed by atoms with van der Waals surface area (Å²) in [6, 6.07) is 0. The molecule has 18 heteroatoms. The Hall–Kier alpha value is -1.43. The molecule has 0 amide bonds. The molecule has 11 N–H and O–H groups in total. The molecule has 3 saturated heterocycles. The molecule has 18 nitrogen and oxygen atoms in total. The molecule has 0 aromatic heterocycles. The quantitative estimate of drug-likeness (QED) is 0.0631. The van der Waals surface area contributed by atoms with Crippen LogP contribution >= 0.6 is 0 Å². The van der Waals surface area contributed by atoms with Crippen molar-refractivity contribution < 1.29 is 89.4 Å². The Morgan fingerprint density at radius 2 is 1.21 bits per heavy atom. The Morgan fingerprint density at radius 3 is 1.82 bits per heavy atom. The second-order valence-electron chi connectivity index (χ2n) is 18.0. The minimum Gasteiger partial charge on any atom is -0.432 e. The molecule has 320 valence electrons. The topological polar surface area (TPSA) is 295 Å². The zero-order valence-electron chi connectivity index (χ0n) is 31.8. The third-order valence-corrected chi connectivity index (χ3v) is 15.0. The number of hydrogen-bond donors (Lipinski definition) is 11. The van der Waals surface area contributed by atoms with Crippen LogP contribution in [-0.4, -0.2) is 180 Å². The van der Waals surface area contributed by atoms with Crippen LogP contribution in [-0.2, 0) is 33.2 Å². The second kappa shape index (κ2) is 15.6. The van der Waals surface area contributed by atoms with Crippen molar-refractivity contribution in [2.24, 2.45) is 28.1 Å². The van der Waals surface area contributed by atoms with Crippen LogP contribution in [0.25, 0.3) is 0 Å². The number of hydrogen-bond acceptors (Lipinski definition) is 18. The largest absolute Gasteiger partial charge is 0.432 e. The molecule has 56 heavy (non-hydrogen) atoms. The Bertz CT molecular complexity index is 1450. The number of aliphatic hydroxyl groups is 11. The number of ether oxygens (including phenoxy) is 6. The lowest BCUT2D eigenvalue weighted by molar-refractivity contribution is -0.378. The highest BCUT2D eigenvalue weighted by Gasteiger charge is 2.69. The molecule has 0 aromatic rings. The van der Waals surface area contributed by atoms with E-state index in [4.69, 9.17) is 28.4 Å². The lowest BCUT2D eigenvalue weighted by Gasteiger charge is -2.64. The van der Waals surface area contributed by atoms with Crippen LogP contribution < -0.4 is 0 Å². The molecule has 17 unspecified atom stereocenters. The summed E-state index contributed by atoms with van der Waals surface area (Å²) in [6.45, 7) is 6.52. The van der Waals surface area contributed by atoms with Gasteiger partial charge in [-0.25, -0.2) is 0 Å². The van der Waals surface area contributed by atoms with E-state index in [1.54, 1.807) is 0 Å². The van der Waals surface area contributed by atoms with Gasteiger partial charge in [-0.1, -0.05) is 19.9 Å². The molecule has 3 heterocycles. The summed E-state index contributed by atoms with van der Waals surface area (Å²) < 4.78 is 35.6. The molecule has 2 bridgehead atoms. The second-order valence-corrected chi connectivity index (χ2v) is 18.0.